The third-order valence-electron chi connectivity index (χ3n) is 2.14. The number of anilines is 3. The number of rotatable bonds is 3. The number of benzene rings is 1. The quantitative estimate of drug-likeness (QED) is 0.904. The van der Waals surface area contributed by atoms with Crippen LogP contribution in [0.1, 0.15) is 20.8 Å². The summed E-state index contributed by atoms with van der Waals surface area (Å²) in [6.07, 6.45) is 1.61. The predicted molar refractivity (Wildman–Crippen MR) is 80.6 cm³/mol. The normalized spacial score (nSPS) is 11.2. The molecular formula is C13H16BrN5. The van der Waals surface area contributed by atoms with E-state index in [0.29, 0.717) is 11.8 Å². The Morgan fingerprint density at radius 1 is 1.21 bits per heavy atom. The van der Waals surface area contributed by atoms with Gasteiger partial charge in [0.05, 0.1) is 6.20 Å². The molecule has 0 fully saturated rings. The lowest BCUT2D eigenvalue weighted by atomic mass is 10.1. The van der Waals surface area contributed by atoms with Crippen molar-refractivity contribution in [2.24, 2.45) is 0 Å². The molecule has 100 valence electrons. The zero-order valence-corrected chi connectivity index (χ0v) is 12.7. The van der Waals surface area contributed by atoms with Gasteiger partial charge in [0.25, 0.3) is 0 Å². The molecular weight excluding hydrogens is 306 g/mol. The lowest BCUT2D eigenvalue weighted by Gasteiger charge is -2.20. The van der Waals surface area contributed by atoms with E-state index >= 15 is 0 Å². The lowest BCUT2D eigenvalue weighted by Crippen LogP contribution is -2.27. The molecule has 0 atom stereocenters. The molecule has 1 aromatic heterocycles. The van der Waals surface area contributed by atoms with E-state index in [1.54, 1.807) is 6.20 Å². The minimum Gasteiger partial charge on any atom is -0.364 e. The SMILES string of the molecule is CC(C)(C)Nc1cnnc(Nc2cccc(Br)c2)n1. The van der Waals surface area contributed by atoms with Crippen molar-refractivity contribution in [1.82, 2.24) is 15.2 Å². The topological polar surface area (TPSA) is 62.7 Å². The van der Waals surface area contributed by atoms with Crippen LogP contribution in [-0.2, 0) is 0 Å². The molecule has 2 rings (SSSR count). The molecule has 0 amide bonds. The van der Waals surface area contributed by atoms with Gasteiger partial charge in [0.2, 0.25) is 5.95 Å². The van der Waals surface area contributed by atoms with Crippen LogP contribution in [0.15, 0.2) is 34.9 Å². The highest BCUT2D eigenvalue weighted by Gasteiger charge is 2.11. The molecule has 5 nitrogen and oxygen atoms in total. The summed E-state index contributed by atoms with van der Waals surface area (Å²) in [5.74, 6) is 1.16. The molecule has 6 heteroatoms. The fourth-order valence-corrected chi connectivity index (χ4v) is 1.90. The number of hydrogen-bond donors (Lipinski definition) is 2. The summed E-state index contributed by atoms with van der Waals surface area (Å²) in [7, 11) is 0. The minimum absolute atomic E-state index is 0.0664. The van der Waals surface area contributed by atoms with Gasteiger partial charge < -0.3 is 10.6 Å². The summed E-state index contributed by atoms with van der Waals surface area (Å²) in [6.45, 7) is 6.20. The zero-order chi connectivity index (χ0) is 13.9. The van der Waals surface area contributed by atoms with E-state index in [2.05, 4.69) is 62.5 Å². The fourth-order valence-electron chi connectivity index (χ4n) is 1.50. The van der Waals surface area contributed by atoms with Crippen molar-refractivity contribution in [3.63, 3.8) is 0 Å². The second-order valence-electron chi connectivity index (χ2n) is 5.18. The third-order valence-corrected chi connectivity index (χ3v) is 2.64. The van der Waals surface area contributed by atoms with Crippen molar-refractivity contribution in [1.29, 1.82) is 0 Å². The number of halogens is 1. The molecule has 0 aliphatic carbocycles. The van der Waals surface area contributed by atoms with Crippen LogP contribution in [0.25, 0.3) is 0 Å². The molecule has 0 saturated carbocycles. The summed E-state index contributed by atoms with van der Waals surface area (Å²) in [6, 6.07) is 7.80. The van der Waals surface area contributed by atoms with E-state index in [4.69, 9.17) is 0 Å². The summed E-state index contributed by atoms with van der Waals surface area (Å²) >= 11 is 3.42. The van der Waals surface area contributed by atoms with Gasteiger partial charge in [-0.3, -0.25) is 0 Å². The summed E-state index contributed by atoms with van der Waals surface area (Å²) in [5.41, 5.74) is 0.840. The average Bonchev–Trinajstić information content (AvgIpc) is 2.27. The highest BCUT2D eigenvalue weighted by molar-refractivity contribution is 9.10. The van der Waals surface area contributed by atoms with Gasteiger partial charge in [0.15, 0.2) is 5.82 Å². The van der Waals surface area contributed by atoms with Crippen LogP contribution in [0.5, 0.6) is 0 Å². The van der Waals surface area contributed by atoms with Crippen molar-refractivity contribution >= 4 is 33.4 Å². The Kier molecular flexibility index (Phi) is 3.99. The number of nitrogens with one attached hydrogen (secondary N) is 2. The molecule has 19 heavy (non-hydrogen) atoms. The maximum Gasteiger partial charge on any atom is 0.249 e. The van der Waals surface area contributed by atoms with Crippen molar-refractivity contribution < 1.29 is 0 Å². The molecule has 1 heterocycles. The van der Waals surface area contributed by atoms with Crippen LogP contribution in [0.3, 0.4) is 0 Å². The molecule has 1 aromatic carbocycles. The largest absolute Gasteiger partial charge is 0.364 e. The maximum atomic E-state index is 4.37. The molecule has 2 aromatic rings. The van der Waals surface area contributed by atoms with Crippen LogP contribution >= 0.6 is 15.9 Å². The minimum atomic E-state index is -0.0664. The zero-order valence-electron chi connectivity index (χ0n) is 11.1. The van der Waals surface area contributed by atoms with Gasteiger partial charge >= 0.3 is 0 Å². The maximum absolute atomic E-state index is 4.37. The van der Waals surface area contributed by atoms with Crippen LogP contribution < -0.4 is 10.6 Å². The Bertz CT molecular complexity index is 565. The van der Waals surface area contributed by atoms with Gasteiger partial charge in [-0.25, -0.2) is 0 Å². The monoisotopic (exact) mass is 321 g/mol. The van der Waals surface area contributed by atoms with Crippen molar-refractivity contribution in [2.75, 3.05) is 10.6 Å². The van der Waals surface area contributed by atoms with Crippen LogP contribution in [-0.4, -0.2) is 20.7 Å². The lowest BCUT2D eigenvalue weighted by molar-refractivity contribution is 0.629. The molecule has 2 N–H and O–H groups in total. The standard InChI is InChI=1S/C13H16BrN5/c1-13(2,3)18-11-8-15-19-12(17-11)16-10-6-4-5-9(14)7-10/h4-8H,1-3H3,(H2,16,17,18,19). The van der Waals surface area contributed by atoms with Gasteiger partial charge in [-0.2, -0.15) is 10.1 Å². The summed E-state index contributed by atoms with van der Waals surface area (Å²) in [4.78, 5) is 4.37. The van der Waals surface area contributed by atoms with E-state index in [-0.39, 0.29) is 5.54 Å². The summed E-state index contributed by atoms with van der Waals surface area (Å²) < 4.78 is 0.995. The van der Waals surface area contributed by atoms with Gasteiger partial charge in [0.1, 0.15) is 0 Å². The van der Waals surface area contributed by atoms with Gasteiger partial charge in [-0.15, -0.1) is 5.10 Å². The van der Waals surface area contributed by atoms with Crippen molar-refractivity contribution in [2.45, 2.75) is 26.3 Å². The Morgan fingerprint density at radius 2 is 2.00 bits per heavy atom. The average molecular weight is 322 g/mol. The molecule has 0 unspecified atom stereocenters. The first-order chi connectivity index (χ1) is 8.92. The number of aromatic nitrogens is 3. The predicted octanol–water partition coefficient (Wildman–Crippen LogP) is 3.59. The highest BCUT2D eigenvalue weighted by atomic mass is 79.9. The number of hydrogen-bond acceptors (Lipinski definition) is 5. The van der Waals surface area contributed by atoms with E-state index in [0.717, 1.165) is 10.2 Å². The molecule has 0 aliphatic heterocycles. The van der Waals surface area contributed by atoms with Crippen molar-refractivity contribution in [3.05, 3.63) is 34.9 Å². The van der Waals surface area contributed by atoms with Gasteiger partial charge in [-0.05, 0) is 39.0 Å². The Hall–Kier alpha value is -1.69. The Balaban J connectivity index is 2.15. The third kappa shape index (κ3) is 4.48. The van der Waals surface area contributed by atoms with E-state index < -0.39 is 0 Å². The van der Waals surface area contributed by atoms with Gasteiger partial charge in [-0.1, -0.05) is 22.0 Å². The molecule has 0 radical (unpaired) electrons. The van der Waals surface area contributed by atoms with Crippen LogP contribution in [0, 0.1) is 0 Å². The smallest absolute Gasteiger partial charge is 0.249 e. The summed E-state index contributed by atoms with van der Waals surface area (Å²) in [5, 5.41) is 14.3. The van der Waals surface area contributed by atoms with Gasteiger partial charge in [0, 0.05) is 15.7 Å². The van der Waals surface area contributed by atoms with E-state index in [9.17, 15) is 0 Å². The first-order valence-electron chi connectivity index (χ1n) is 5.93. The van der Waals surface area contributed by atoms with Crippen LogP contribution in [0.2, 0.25) is 0 Å². The fraction of sp³-hybridized carbons (Fsp3) is 0.308. The number of nitrogens with zero attached hydrogens (tertiary/aromatic N) is 3. The highest BCUT2D eigenvalue weighted by Crippen LogP contribution is 2.19. The molecule has 0 spiro atoms. The Labute approximate surface area is 121 Å². The van der Waals surface area contributed by atoms with Crippen molar-refractivity contribution in [3.8, 4) is 0 Å². The molecule has 0 bridgehead atoms. The second kappa shape index (κ2) is 5.52. The first kappa shape index (κ1) is 13.7. The second-order valence-corrected chi connectivity index (χ2v) is 6.09. The molecule has 0 saturated heterocycles. The van der Waals surface area contributed by atoms with Crippen LogP contribution in [0.4, 0.5) is 17.5 Å². The molecule has 0 aliphatic rings. The van der Waals surface area contributed by atoms with E-state index in [1.807, 2.05) is 24.3 Å². The first-order valence-corrected chi connectivity index (χ1v) is 6.72. The Morgan fingerprint density at radius 3 is 2.68 bits per heavy atom. The van der Waals surface area contributed by atoms with E-state index in [1.165, 1.54) is 0 Å².